The van der Waals surface area contributed by atoms with E-state index in [1.807, 2.05) is 0 Å². The van der Waals surface area contributed by atoms with Crippen molar-refractivity contribution in [1.29, 1.82) is 0 Å². The molecule has 1 aromatic carbocycles. The fourth-order valence-electron chi connectivity index (χ4n) is 1.33. The molecule has 1 N–H and O–H groups in total. The Hall–Kier alpha value is -2.24. The molecule has 0 spiro atoms. The van der Waals surface area contributed by atoms with E-state index in [9.17, 15) is 13.6 Å². The van der Waals surface area contributed by atoms with Crippen LogP contribution in [-0.4, -0.2) is 16.1 Å². The SMILES string of the molecule is O=C(O)/C=C/c1ccc2oc(C(F)F)nc2c1. The molecule has 0 bridgehead atoms. The quantitative estimate of drug-likeness (QED) is 0.836. The highest BCUT2D eigenvalue weighted by atomic mass is 19.3. The molecular formula is C11H7F2NO3. The van der Waals surface area contributed by atoms with Crippen molar-refractivity contribution in [2.45, 2.75) is 6.43 Å². The molecule has 1 heterocycles. The minimum Gasteiger partial charge on any atom is -0.478 e. The van der Waals surface area contributed by atoms with E-state index in [2.05, 4.69) is 4.98 Å². The normalized spacial score (nSPS) is 11.7. The molecule has 0 saturated heterocycles. The first kappa shape index (κ1) is 11.3. The summed E-state index contributed by atoms with van der Waals surface area (Å²) in [5, 5.41) is 8.44. The van der Waals surface area contributed by atoms with Crippen molar-refractivity contribution in [3.8, 4) is 0 Å². The van der Waals surface area contributed by atoms with Crippen LogP contribution in [0.4, 0.5) is 8.78 Å². The number of alkyl halides is 2. The number of benzene rings is 1. The van der Waals surface area contributed by atoms with Crippen molar-refractivity contribution in [3.63, 3.8) is 0 Å². The molecule has 0 amide bonds. The molecule has 2 rings (SSSR count). The van der Waals surface area contributed by atoms with Gasteiger partial charge in [-0.3, -0.25) is 0 Å². The van der Waals surface area contributed by atoms with E-state index in [1.54, 1.807) is 6.07 Å². The number of nitrogens with zero attached hydrogens (tertiary/aromatic N) is 1. The fourth-order valence-corrected chi connectivity index (χ4v) is 1.33. The van der Waals surface area contributed by atoms with E-state index in [0.717, 1.165) is 6.08 Å². The number of aromatic nitrogens is 1. The van der Waals surface area contributed by atoms with Gasteiger partial charge in [0, 0.05) is 6.08 Å². The van der Waals surface area contributed by atoms with Gasteiger partial charge in [-0.2, -0.15) is 8.78 Å². The fraction of sp³-hybridized carbons (Fsp3) is 0.0909. The summed E-state index contributed by atoms with van der Waals surface area (Å²) in [7, 11) is 0. The number of carbonyl (C=O) groups is 1. The Balaban J connectivity index is 2.40. The Labute approximate surface area is 94.2 Å². The zero-order valence-corrected chi connectivity index (χ0v) is 8.43. The van der Waals surface area contributed by atoms with Gasteiger partial charge in [-0.05, 0) is 23.8 Å². The molecule has 17 heavy (non-hydrogen) atoms. The van der Waals surface area contributed by atoms with Crippen molar-refractivity contribution < 1.29 is 23.1 Å². The maximum atomic E-state index is 12.3. The highest BCUT2D eigenvalue weighted by Crippen LogP contribution is 2.24. The number of rotatable bonds is 3. The molecule has 0 aliphatic heterocycles. The lowest BCUT2D eigenvalue weighted by atomic mass is 10.2. The molecule has 6 heteroatoms. The van der Waals surface area contributed by atoms with Gasteiger partial charge in [-0.25, -0.2) is 9.78 Å². The van der Waals surface area contributed by atoms with Crippen molar-refractivity contribution in [2.24, 2.45) is 0 Å². The van der Waals surface area contributed by atoms with Crippen LogP contribution < -0.4 is 0 Å². The van der Waals surface area contributed by atoms with Crippen molar-refractivity contribution in [1.82, 2.24) is 4.98 Å². The largest absolute Gasteiger partial charge is 0.478 e. The first-order chi connectivity index (χ1) is 8.06. The highest BCUT2D eigenvalue weighted by molar-refractivity contribution is 5.86. The summed E-state index contributed by atoms with van der Waals surface area (Å²) < 4.78 is 29.4. The lowest BCUT2D eigenvalue weighted by Crippen LogP contribution is -1.85. The van der Waals surface area contributed by atoms with Gasteiger partial charge in [0.05, 0.1) is 0 Å². The number of aliphatic carboxylic acids is 1. The summed E-state index contributed by atoms with van der Waals surface area (Å²) in [6, 6.07) is 4.50. The maximum Gasteiger partial charge on any atom is 0.328 e. The second-order valence-corrected chi connectivity index (χ2v) is 3.25. The van der Waals surface area contributed by atoms with Gasteiger partial charge < -0.3 is 9.52 Å². The van der Waals surface area contributed by atoms with Crippen LogP contribution in [0.1, 0.15) is 17.9 Å². The van der Waals surface area contributed by atoms with Crippen LogP contribution in [-0.2, 0) is 4.79 Å². The van der Waals surface area contributed by atoms with Crippen LogP contribution in [0.3, 0.4) is 0 Å². The molecule has 0 fully saturated rings. The number of hydrogen-bond acceptors (Lipinski definition) is 3. The van der Waals surface area contributed by atoms with Gasteiger partial charge in [0.2, 0.25) is 0 Å². The third-order valence-electron chi connectivity index (χ3n) is 2.03. The van der Waals surface area contributed by atoms with Crippen LogP contribution in [0, 0.1) is 0 Å². The molecule has 1 aromatic heterocycles. The smallest absolute Gasteiger partial charge is 0.328 e. The van der Waals surface area contributed by atoms with Gasteiger partial charge in [0.1, 0.15) is 5.52 Å². The standard InChI is InChI=1S/C11H7F2NO3/c12-10(13)11-14-7-5-6(2-4-9(15)16)1-3-8(7)17-11/h1-5,10H,(H,15,16)/b4-2+. The number of hydrogen-bond donors (Lipinski definition) is 1. The molecule has 88 valence electrons. The van der Waals surface area contributed by atoms with Crippen molar-refractivity contribution >= 4 is 23.1 Å². The van der Waals surface area contributed by atoms with Gasteiger partial charge in [-0.1, -0.05) is 6.07 Å². The molecule has 0 saturated carbocycles. The summed E-state index contributed by atoms with van der Waals surface area (Å²) in [6.45, 7) is 0. The maximum absolute atomic E-state index is 12.3. The zero-order chi connectivity index (χ0) is 12.4. The topological polar surface area (TPSA) is 63.3 Å². The summed E-state index contributed by atoms with van der Waals surface area (Å²) in [6.07, 6.45) is -0.464. The lowest BCUT2D eigenvalue weighted by molar-refractivity contribution is -0.131. The number of carboxylic acid groups (broad SMARTS) is 1. The van der Waals surface area contributed by atoms with Crippen molar-refractivity contribution in [3.05, 3.63) is 35.7 Å². The number of carboxylic acids is 1. The Morgan fingerprint density at radius 3 is 2.88 bits per heavy atom. The minimum atomic E-state index is -2.76. The molecule has 4 nitrogen and oxygen atoms in total. The Morgan fingerprint density at radius 2 is 2.24 bits per heavy atom. The zero-order valence-electron chi connectivity index (χ0n) is 8.43. The average Bonchev–Trinajstić information content (AvgIpc) is 2.69. The van der Waals surface area contributed by atoms with Crippen molar-refractivity contribution in [2.75, 3.05) is 0 Å². The summed E-state index contributed by atoms with van der Waals surface area (Å²) in [5.41, 5.74) is 1.06. The summed E-state index contributed by atoms with van der Waals surface area (Å²) >= 11 is 0. The molecule has 0 atom stereocenters. The minimum absolute atomic E-state index is 0.243. The molecular weight excluding hydrogens is 232 g/mol. The Bertz CT molecular complexity index is 589. The van der Waals surface area contributed by atoms with Crippen LogP contribution in [0.2, 0.25) is 0 Å². The monoisotopic (exact) mass is 239 g/mol. The van der Waals surface area contributed by atoms with Crippen LogP contribution in [0.5, 0.6) is 0 Å². The Kier molecular flexibility index (Phi) is 2.86. The van der Waals surface area contributed by atoms with Gasteiger partial charge in [0.15, 0.2) is 5.58 Å². The van der Waals surface area contributed by atoms with E-state index in [1.165, 1.54) is 18.2 Å². The molecule has 0 radical (unpaired) electrons. The van der Waals surface area contributed by atoms with Gasteiger partial charge in [0.25, 0.3) is 5.89 Å². The molecule has 0 aliphatic carbocycles. The first-order valence-corrected chi connectivity index (χ1v) is 4.66. The van der Waals surface area contributed by atoms with Gasteiger partial charge in [-0.15, -0.1) is 0 Å². The van der Waals surface area contributed by atoms with Crippen LogP contribution in [0.25, 0.3) is 17.2 Å². The lowest BCUT2D eigenvalue weighted by Gasteiger charge is -1.90. The number of fused-ring (bicyclic) bond motifs is 1. The second-order valence-electron chi connectivity index (χ2n) is 3.25. The summed E-state index contributed by atoms with van der Waals surface area (Å²) in [5.74, 6) is -1.72. The van der Waals surface area contributed by atoms with E-state index >= 15 is 0 Å². The van der Waals surface area contributed by atoms with E-state index in [-0.39, 0.29) is 11.1 Å². The van der Waals surface area contributed by atoms with Crippen LogP contribution >= 0.6 is 0 Å². The average molecular weight is 239 g/mol. The number of oxazole rings is 1. The first-order valence-electron chi connectivity index (χ1n) is 4.66. The molecule has 2 aromatic rings. The predicted molar refractivity (Wildman–Crippen MR) is 55.6 cm³/mol. The van der Waals surface area contributed by atoms with Gasteiger partial charge >= 0.3 is 12.4 Å². The third kappa shape index (κ3) is 2.47. The third-order valence-corrected chi connectivity index (χ3v) is 2.03. The van der Waals surface area contributed by atoms with E-state index in [4.69, 9.17) is 9.52 Å². The second kappa shape index (κ2) is 4.32. The van der Waals surface area contributed by atoms with E-state index in [0.29, 0.717) is 5.56 Å². The highest BCUT2D eigenvalue weighted by Gasteiger charge is 2.15. The number of halogens is 2. The van der Waals surface area contributed by atoms with E-state index < -0.39 is 18.3 Å². The summed E-state index contributed by atoms with van der Waals surface area (Å²) in [4.78, 5) is 13.9. The molecule has 0 aliphatic rings. The predicted octanol–water partition coefficient (Wildman–Crippen LogP) is 2.86. The van der Waals surface area contributed by atoms with Crippen LogP contribution in [0.15, 0.2) is 28.7 Å². The molecule has 0 unspecified atom stereocenters. The Morgan fingerprint density at radius 1 is 1.47 bits per heavy atom.